The maximum atomic E-state index is 14.5. The number of carboxylic acid groups (broad SMARTS) is 1. The summed E-state index contributed by atoms with van der Waals surface area (Å²) >= 11 is 6.17. The van der Waals surface area contributed by atoms with Gasteiger partial charge in [0.1, 0.15) is 5.82 Å². The summed E-state index contributed by atoms with van der Waals surface area (Å²) in [5, 5.41) is 15.5. The number of carboxylic acids is 1. The van der Waals surface area contributed by atoms with Crippen molar-refractivity contribution in [2.24, 2.45) is 0 Å². The van der Waals surface area contributed by atoms with Crippen LogP contribution in [0.25, 0.3) is 21.9 Å². The maximum Gasteiger partial charge on any atom is 0.303 e. The van der Waals surface area contributed by atoms with Crippen LogP contribution in [-0.2, 0) is 11.2 Å². The number of halogens is 3. The van der Waals surface area contributed by atoms with Gasteiger partial charge in [0.2, 0.25) is 0 Å². The molecule has 35 heavy (non-hydrogen) atoms. The van der Waals surface area contributed by atoms with Gasteiger partial charge in [0.05, 0.1) is 0 Å². The molecule has 0 spiro atoms. The average Bonchev–Trinajstić information content (AvgIpc) is 2.81. The molecule has 3 nitrogen and oxygen atoms in total. The first kappa shape index (κ1) is 26.7. The topological polar surface area (TPSA) is 49.3 Å². The first-order valence-electron chi connectivity index (χ1n) is 11.4. The summed E-state index contributed by atoms with van der Waals surface area (Å²) in [6.45, 7) is 4.21. The van der Waals surface area contributed by atoms with Crippen molar-refractivity contribution in [3.05, 3.63) is 106 Å². The number of hydrogen-bond acceptors (Lipinski definition) is 2. The van der Waals surface area contributed by atoms with Crippen LogP contribution in [0, 0.1) is 5.82 Å². The second-order valence-corrected chi connectivity index (χ2v) is 9.13. The van der Waals surface area contributed by atoms with Crippen molar-refractivity contribution in [3.8, 4) is 11.1 Å². The molecule has 0 aliphatic carbocycles. The number of benzene rings is 4. The van der Waals surface area contributed by atoms with Crippen LogP contribution in [0.1, 0.15) is 49.0 Å². The monoisotopic (exact) mass is 511 g/mol. The van der Waals surface area contributed by atoms with Crippen LogP contribution in [0.3, 0.4) is 0 Å². The second-order valence-electron chi connectivity index (χ2n) is 8.70. The largest absolute Gasteiger partial charge is 0.481 e. The lowest BCUT2D eigenvalue weighted by atomic mass is 9.92. The quantitative estimate of drug-likeness (QED) is 0.251. The predicted octanol–water partition coefficient (Wildman–Crippen LogP) is 8.15. The van der Waals surface area contributed by atoms with E-state index in [9.17, 15) is 9.18 Å². The standard InChI is InChI=1S/C29H27ClFNO2.ClH/c1-18(21-7-5-8-25(30)15-21)32-19(2)23-14-22-6-3-4-9-27(22)28(17-23)24-12-20(10-11-29(33)34)13-26(31)16-24;/h3-9,12-19,32H,10-11H2,1-2H3,(H,33,34);1H/t18-,19?;/m1./s1. The third-order valence-corrected chi connectivity index (χ3v) is 6.36. The molecule has 0 bridgehead atoms. The molecule has 0 aromatic heterocycles. The Hall–Kier alpha value is -2.92. The molecule has 6 heteroatoms. The average molecular weight is 512 g/mol. The Morgan fingerprint density at radius 1 is 0.943 bits per heavy atom. The molecule has 2 atom stereocenters. The fraction of sp³-hybridized carbons (Fsp3) is 0.207. The normalized spacial score (nSPS) is 12.7. The van der Waals surface area contributed by atoms with Gasteiger partial charge < -0.3 is 10.4 Å². The van der Waals surface area contributed by atoms with E-state index in [0.717, 1.165) is 33.0 Å². The minimum Gasteiger partial charge on any atom is -0.481 e. The number of hydrogen-bond donors (Lipinski definition) is 2. The van der Waals surface area contributed by atoms with Gasteiger partial charge in [-0.1, -0.05) is 54.1 Å². The van der Waals surface area contributed by atoms with Crippen LogP contribution in [0.2, 0.25) is 5.02 Å². The molecule has 0 amide bonds. The van der Waals surface area contributed by atoms with Crippen molar-refractivity contribution in [1.29, 1.82) is 0 Å². The first-order chi connectivity index (χ1) is 16.3. The van der Waals surface area contributed by atoms with Crippen molar-refractivity contribution < 1.29 is 14.3 Å². The van der Waals surface area contributed by atoms with Crippen molar-refractivity contribution in [2.45, 2.75) is 38.8 Å². The highest BCUT2D eigenvalue weighted by atomic mass is 35.5. The van der Waals surface area contributed by atoms with Gasteiger partial charge in [0.25, 0.3) is 0 Å². The lowest BCUT2D eigenvalue weighted by Gasteiger charge is -2.22. The van der Waals surface area contributed by atoms with Gasteiger partial charge in [0, 0.05) is 23.5 Å². The molecule has 182 valence electrons. The molecule has 4 aromatic carbocycles. The maximum absolute atomic E-state index is 14.5. The summed E-state index contributed by atoms with van der Waals surface area (Å²) in [7, 11) is 0. The van der Waals surface area contributed by atoms with E-state index < -0.39 is 5.97 Å². The van der Waals surface area contributed by atoms with Crippen molar-refractivity contribution >= 4 is 40.7 Å². The lowest BCUT2D eigenvalue weighted by molar-refractivity contribution is -0.136. The van der Waals surface area contributed by atoms with Gasteiger partial charge in [-0.15, -0.1) is 12.4 Å². The van der Waals surface area contributed by atoms with E-state index in [4.69, 9.17) is 16.7 Å². The van der Waals surface area contributed by atoms with Crippen molar-refractivity contribution in [1.82, 2.24) is 5.32 Å². The molecule has 2 N–H and O–H groups in total. The van der Waals surface area contributed by atoms with Crippen LogP contribution >= 0.6 is 24.0 Å². The van der Waals surface area contributed by atoms with Gasteiger partial charge in [-0.3, -0.25) is 4.79 Å². The zero-order valence-corrected chi connectivity index (χ0v) is 21.2. The minimum atomic E-state index is -0.896. The summed E-state index contributed by atoms with van der Waals surface area (Å²) in [5.41, 5.74) is 4.53. The Kier molecular flexibility index (Phi) is 8.90. The van der Waals surface area contributed by atoms with Crippen LogP contribution in [-0.4, -0.2) is 11.1 Å². The summed E-state index contributed by atoms with van der Waals surface area (Å²) < 4.78 is 14.5. The number of aryl methyl sites for hydroxylation is 1. The summed E-state index contributed by atoms with van der Waals surface area (Å²) in [6.07, 6.45) is 0.249. The second kappa shape index (κ2) is 11.7. The van der Waals surface area contributed by atoms with E-state index in [0.29, 0.717) is 10.6 Å². The number of fused-ring (bicyclic) bond motifs is 1. The van der Waals surface area contributed by atoms with E-state index in [1.165, 1.54) is 12.1 Å². The molecule has 0 heterocycles. The number of carbonyl (C=O) groups is 1. The Morgan fingerprint density at radius 2 is 1.69 bits per heavy atom. The lowest BCUT2D eigenvalue weighted by Crippen LogP contribution is -2.22. The van der Waals surface area contributed by atoms with E-state index in [-0.39, 0.29) is 43.1 Å². The van der Waals surface area contributed by atoms with Gasteiger partial charge in [-0.25, -0.2) is 4.39 Å². The third kappa shape index (κ3) is 6.61. The van der Waals surface area contributed by atoms with E-state index in [2.05, 4.69) is 37.4 Å². The van der Waals surface area contributed by atoms with Gasteiger partial charge in [-0.2, -0.15) is 0 Å². The molecule has 0 saturated heterocycles. The molecule has 0 aliphatic rings. The SMILES string of the molecule is CC(N[C@H](C)c1cccc(Cl)c1)c1cc(-c2cc(F)cc(CCC(=O)O)c2)c2ccccc2c1.Cl. The Morgan fingerprint density at radius 3 is 2.43 bits per heavy atom. The van der Waals surface area contributed by atoms with Crippen LogP contribution in [0.15, 0.2) is 78.9 Å². The molecule has 1 unspecified atom stereocenters. The van der Waals surface area contributed by atoms with E-state index >= 15 is 0 Å². The fourth-order valence-electron chi connectivity index (χ4n) is 4.37. The zero-order valence-electron chi connectivity index (χ0n) is 19.6. The molecule has 4 aromatic rings. The van der Waals surface area contributed by atoms with Crippen LogP contribution < -0.4 is 5.32 Å². The Balaban J connectivity index is 0.00000342. The number of aliphatic carboxylic acids is 1. The molecule has 0 fully saturated rings. The van der Waals surface area contributed by atoms with Crippen molar-refractivity contribution in [2.75, 3.05) is 0 Å². The third-order valence-electron chi connectivity index (χ3n) is 6.13. The smallest absolute Gasteiger partial charge is 0.303 e. The van der Waals surface area contributed by atoms with E-state index in [1.807, 2.05) is 48.5 Å². The fourth-order valence-corrected chi connectivity index (χ4v) is 4.57. The summed E-state index contributed by atoms with van der Waals surface area (Å²) in [6, 6.07) is 25.1. The molecule has 0 aliphatic heterocycles. The van der Waals surface area contributed by atoms with Gasteiger partial charge >= 0.3 is 5.97 Å². The molecular weight excluding hydrogens is 484 g/mol. The highest BCUT2D eigenvalue weighted by Crippen LogP contribution is 2.34. The number of rotatable bonds is 8. The highest BCUT2D eigenvalue weighted by molar-refractivity contribution is 6.30. The zero-order chi connectivity index (χ0) is 24.2. The predicted molar refractivity (Wildman–Crippen MR) is 144 cm³/mol. The van der Waals surface area contributed by atoms with Crippen LogP contribution in [0.4, 0.5) is 4.39 Å². The summed E-state index contributed by atoms with van der Waals surface area (Å²) in [4.78, 5) is 11.0. The molecule has 0 radical (unpaired) electrons. The highest BCUT2D eigenvalue weighted by Gasteiger charge is 2.15. The first-order valence-corrected chi connectivity index (χ1v) is 11.7. The molecule has 4 rings (SSSR count). The van der Waals surface area contributed by atoms with Gasteiger partial charge in [0.15, 0.2) is 0 Å². The van der Waals surface area contributed by atoms with Gasteiger partial charge in [-0.05, 0) is 95.3 Å². The Bertz CT molecular complexity index is 1340. The molecule has 0 saturated carbocycles. The number of nitrogens with one attached hydrogen (secondary N) is 1. The van der Waals surface area contributed by atoms with Crippen LogP contribution in [0.5, 0.6) is 0 Å². The van der Waals surface area contributed by atoms with E-state index in [1.54, 1.807) is 0 Å². The summed E-state index contributed by atoms with van der Waals surface area (Å²) in [5.74, 6) is -1.26. The minimum absolute atomic E-state index is 0. The van der Waals surface area contributed by atoms with Crippen molar-refractivity contribution in [3.63, 3.8) is 0 Å². The Labute approximate surface area is 216 Å². The molecular formula is C29H28Cl2FNO2.